The molecule has 20 heavy (non-hydrogen) atoms. The Balaban J connectivity index is 2.20. The molecular weight excluding hydrogens is 256 g/mol. The normalized spacial score (nSPS) is 12.4. The molecule has 0 aliphatic rings. The molecule has 5 nitrogen and oxygen atoms in total. The van der Waals surface area contributed by atoms with Crippen molar-refractivity contribution < 1.29 is 13.9 Å². The predicted molar refractivity (Wildman–Crippen MR) is 77.8 cm³/mol. The van der Waals surface area contributed by atoms with Gasteiger partial charge in [0.1, 0.15) is 11.3 Å². The monoisotopic (exact) mass is 276 g/mol. The molecule has 1 unspecified atom stereocenters. The van der Waals surface area contributed by atoms with Gasteiger partial charge >= 0.3 is 0 Å². The zero-order valence-electron chi connectivity index (χ0n) is 12.1. The number of hydrogen-bond acceptors (Lipinski definition) is 4. The van der Waals surface area contributed by atoms with E-state index >= 15 is 0 Å². The lowest BCUT2D eigenvalue weighted by Gasteiger charge is -2.23. The third-order valence-electron chi connectivity index (χ3n) is 3.60. The third kappa shape index (κ3) is 2.77. The average molecular weight is 276 g/mol. The number of likely N-dealkylation sites (N-methyl/N-ethyl adjacent to an activating group) is 1. The van der Waals surface area contributed by atoms with E-state index in [0.29, 0.717) is 13.0 Å². The number of carbonyl (C=O) groups excluding carboxylic acids is 1. The minimum Gasteiger partial charge on any atom is -0.497 e. The Bertz CT molecular complexity index is 606. The van der Waals surface area contributed by atoms with E-state index in [1.807, 2.05) is 25.1 Å². The van der Waals surface area contributed by atoms with Crippen molar-refractivity contribution in [1.29, 1.82) is 0 Å². The molecule has 0 saturated carbocycles. The zero-order valence-corrected chi connectivity index (χ0v) is 12.1. The van der Waals surface area contributed by atoms with E-state index < -0.39 is 0 Å². The molecule has 2 rings (SSSR count). The molecule has 0 spiro atoms. The highest BCUT2D eigenvalue weighted by molar-refractivity contribution is 5.88. The first-order chi connectivity index (χ1) is 9.56. The summed E-state index contributed by atoms with van der Waals surface area (Å²) in [6.45, 7) is 2.38. The molecule has 5 heteroatoms. The Morgan fingerprint density at radius 2 is 2.25 bits per heavy atom. The summed E-state index contributed by atoms with van der Waals surface area (Å²) >= 11 is 0. The molecular formula is C15H20N2O3. The minimum absolute atomic E-state index is 0.0285. The van der Waals surface area contributed by atoms with Crippen LogP contribution in [0, 0.1) is 0 Å². The standard InChI is InChI=1S/C15H20N2O3/c1-10(8-16)17(2)15(18)6-11-9-20-14-7-12(19-3)4-5-13(11)14/h4-5,7,9-10H,6,8,16H2,1-3H3. The summed E-state index contributed by atoms with van der Waals surface area (Å²) in [6.07, 6.45) is 1.93. The molecule has 0 radical (unpaired) electrons. The van der Waals surface area contributed by atoms with Crippen molar-refractivity contribution >= 4 is 16.9 Å². The fourth-order valence-electron chi connectivity index (χ4n) is 2.02. The van der Waals surface area contributed by atoms with E-state index in [0.717, 1.165) is 22.3 Å². The lowest BCUT2D eigenvalue weighted by atomic mass is 10.1. The number of carbonyl (C=O) groups is 1. The Hall–Kier alpha value is -2.01. The van der Waals surface area contributed by atoms with Crippen molar-refractivity contribution in [3.8, 4) is 5.75 Å². The van der Waals surface area contributed by atoms with Crippen LogP contribution in [-0.4, -0.2) is 37.6 Å². The maximum absolute atomic E-state index is 12.2. The summed E-state index contributed by atoms with van der Waals surface area (Å²) in [4.78, 5) is 13.9. The largest absolute Gasteiger partial charge is 0.497 e. The van der Waals surface area contributed by atoms with Crippen molar-refractivity contribution in [3.63, 3.8) is 0 Å². The van der Waals surface area contributed by atoms with Crippen LogP contribution in [0.1, 0.15) is 12.5 Å². The van der Waals surface area contributed by atoms with E-state index in [9.17, 15) is 4.79 Å². The smallest absolute Gasteiger partial charge is 0.227 e. The molecule has 0 aliphatic carbocycles. The van der Waals surface area contributed by atoms with Crippen molar-refractivity contribution in [3.05, 3.63) is 30.0 Å². The van der Waals surface area contributed by atoms with Gasteiger partial charge in [-0.1, -0.05) is 0 Å². The molecule has 0 fully saturated rings. The van der Waals surface area contributed by atoms with Crippen LogP contribution >= 0.6 is 0 Å². The van der Waals surface area contributed by atoms with Gasteiger partial charge in [0.15, 0.2) is 0 Å². The maximum atomic E-state index is 12.2. The van der Waals surface area contributed by atoms with E-state index in [1.54, 1.807) is 25.3 Å². The van der Waals surface area contributed by atoms with E-state index in [-0.39, 0.29) is 11.9 Å². The summed E-state index contributed by atoms with van der Waals surface area (Å²) in [6, 6.07) is 5.61. The second-order valence-corrected chi connectivity index (χ2v) is 4.89. The van der Waals surface area contributed by atoms with Gasteiger partial charge < -0.3 is 19.8 Å². The highest BCUT2D eigenvalue weighted by Gasteiger charge is 2.17. The topological polar surface area (TPSA) is 68.7 Å². The number of furan rings is 1. The zero-order chi connectivity index (χ0) is 14.7. The number of ether oxygens (including phenoxy) is 1. The SMILES string of the molecule is COc1ccc2c(CC(=O)N(C)C(C)CN)coc2c1. The van der Waals surface area contributed by atoms with Crippen LogP contribution in [0.25, 0.3) is 11.0 Å². The van der Waals surface area contributed by atoms with Gasteiger partial charge in [-0.05, 0) is 19.1 Å². The third-order valence-corrected chi connectivity index (χ3v) is 3.60. The minimum atomic E-state index is 0.0285. The number of amides is 1. The first-order valence-corrected chi connectivity index (χ1v) is 6.56. The van der Waals surface area contributed by atoms with Crippen LogP contribution in [0.15, 0.2) is 28.9 Å². The molecule has 1 aromatic heterocycles. The lowest BCUT2D eigenvalue weighted by Crippen LogP contribution is -2.40. The number of methoxy groups -OCH3 is 1. The van der Waals surface area contributed by atoms with Crippen LogP contribution in [0.2, 0.25) is 0 Å². The molecule has 1 atom stereocenters. The quantitative estimate of drug-likeness (QED) is 0.904. The number of nitrogens with two attached hydrogens (primary N) is 1. The molecule has 0 aliphatic heterocycles. The number of benzene rings is 1. The maximum Gasteiger partial charge on any atom is 0.227 e. The van der Waals surface area contributed by atoms with Gasteiger partial charge in [0, 0.05) is 36.7 Å². The molecule has 2 N–H and O–H groups in total. The Morgan fingerprint density at radius 1 is 1.50 bits per heavy atom. The van der Waals surface area contributed by atoms with Gasteiger partial charge in [-0.25, -0.2) is 0 Å². The van der Waals surface area contributed by atoms with Crippen molar-refractivity contribution in [1.82, 2.24) is 4.90 Å². The Labute approximate surface area is 118 Å². The highest BCUT2D eigenvalue weighted by Crippen LogP contribution is 2.26. The predicted octanol–water partition coefficient (Wildman–Crippen LogP) is 1.79. The average Bonchev–Trinajstić information content (AvgIpc) is 2.87. The fourth-order valence-corrected chi connectivity index (χ4v) is 2.02. The molecule has 1 amide bonds. The summed E-state index contributed by atoms with van der Waals surface area (Å²) in [5.41, 5.74) is 7.18. The van der Waals surface area contributed by atoms with Gasteiger partial charge in [0.05, 0.1) is 19.8 Å². The fraction of sp³-hybridized carbons (Fsp3) is 0.400. The number of fused-ring (bicyclic) bond motifs is 1. The molecule has 2 aromatic rings. The van der Waals surface area contributed by atoms with Gasteiger partial charge in [0.2, 0.25) is 5.91 Å². The molecule has 108 valence electrons. The lowest BCUT2D eigenvalue weighted by molar-refractivity contribution is -0.130. The van der Waals surface area contributed by atoms with Crippen LogP contribution in [0.4, 0.5) is 0 Å². The summed E-state index contributed by atoms with van der Waals surface area (Å²) in [7, 11) is 3.38. The first kappa shape index (κ1) is 14.4. The van der Waals surface area contributed by atoms with Gasteiger partial charge in [-0.3, -0.25) is 4.79 Å². The van der Waals surface area contributed by atoms with E-state index in [4.69, 9.17) is 14.9 Å². The van der Waals surface area contributed by atoms with Gasteiger partial charge in [-0.2, -0.15) is 0 Å². The number of hydrogen-bond donors (Lipinski definition) is 1. The second kappa shape index (κ2) is 5.96. The second-order valence-electron chi connectivity index (χ2n) is 4.89. The van der Waals surface area contributed by atoms with Crippen molar-refractivity contribution in [2.45, 2.75) is 19.4 Å². The van der Waals surface area contributed by atoms with E-state index in [2.05, 4.69) is 0 Å². The van der Waals surface area contributed by atoms with Crippen LogP contribution in [-0.2, 0) is 11.2 Å². The Kier molecular flexibility index (Phi) is 4.29. The van der Waals surface area contributed by atoms with Crippen LogP contribution < -0.4 is 10.5 Å². The molecule has 1 heterocycles. The van der Waals surface area contributed by atoms with Crippen molar-refractivity contribution in [2.24, 2.45) is 5.73 Å². The number of rotatable bonds is 5. The van der Waals surface area contributed by atoms with E-state index in [1.165, 1.54) is 0 Å². The number of nitrogens with zero attached hydrogens (tertiary/aromatic N) is 1. The van der Waals surface area contributed by atoms with Crippen LogP contribution in [0.3, 0.4) is 0 Å². The summed E-state index contributed by atoms with van der Waals surface area (Å²) in [5, 5.41) is 0.938. The highest BCUT2D eigenvalue weighted by atomic mass is 16.5. The van der Waals surface area contributed by atoms with Gasteiger partial charge in [0.25, 0.3) is 0 Å². The molecule has 0 bridgehead atoms. The van der Waals surface area contributed by atoms with Crippen molar-refractivity contribution in [2.75, 3.05) is 20.7 Å². The first-order valence-electron chi connectivity index (χ1n) is 6.56. The van der Waals surface area contributed by atoms with Gasteiger partial charge in [-0.15, -0.1) is 0 Å². The van der Waals surface area contributed by atoms with Crippen LogP contribution in [0.5, 0.6) is 5.75 Å². The molecule has 1 aromatic carbocycles. The summed E-state index contributed by atoms with van der Waals surface area (Å²) < 4.78 is 10.6. The Morgan fingerprint density at radius 3 is 2.90 bits per heavy atom. The summed E-state index contributed by atoms with van der Waals surface area (Å²) in [5.74, 6) is 0.764. The molecule has 0 saturated heterocycles.